The van der Waals surface area contributed by atoms with Crippen molar-refractivity contribution in [1.29, 1.82) is 0 Å². The number of rotatable bonds is 11. The summed E-state index contributed by atoms with van der Waals surface area (Å²) in [5.74, 6) is 2.03. The lowest BCUT2D eigenvalue weighted by Gasteiger charge is -2.15. The lowest BCUT2D eigenvalue weighted by atomic mass is 9.98. The number of benzene rings is 1. The molecule has 0 aliphatic carbocycles. The van der Waals surface area contributed by atoms with Gasteiger partial charge in [-0.05, 0) is 37.7 Å². The van der Waals surface area contributed by atoms with Gasteiger partial charge in [0.2, 0.25) is 0 Å². The van der Waals surface area contributed by atoms with Crippen LogP contribution in [0.4, 0.5) is 0 Å². The summed E-state index contributed by atoms with van der Waals surface area (Å²) in [5.41, 5.74) is 1.39. The van der Waals surface area contributed by atoms with Gasteiger partial charge in [0, 0.05) is 38.8 Å². The summed E-state index contributed by atoms with van der Waals surface area (Å²) in [6.07, 6.45) is 3.17. The average molecular weight is 489 g/mol. The Balaban J connectivity index is 0.00000364. The van der Waals surface area contributed by atoms with Crippen molar-refractivity contribution in [3.05, 3.63) is 35.9 Å². The van der Waals surface area contributed by atoms with Crippen LogP contribution < -0.4 is 10.6 Å². The van der Waals surface area contributed by atoms with E-state index in [0.717, 1.165) is 71.3 Å². The summed E-state index contributed by atoms with van der Waals surface area (Å²) in [5, 5.41) is 6.75. The van der Waals surface area contributed by atoms with Crippen LogP contribution in [0.5, 0.6) is 0 Å². The second-order valence-corrected chi connectivity index (χ2v) is 6.95. The quantitative estimate of drug-likeness (QED) is 0.215. The number of nitrogens with one attached hydrogen (secondary N) is 2. The summed E-state index contributed by atoms with van der Waals surface area (Å²) in [7, 11) is 0. The molecule has 1 aromatic carbocycles. The fraction of sp³-hybridized carbons (Fsp3) is 0.667. The molecule has 0 radical (unpaired) electrons. The maximum atomic E-state index is 5.73. The van der Waals surface area contributed by atoms with Crippen molar-refractivity contribution in [2.45, 2.75) is 39.0 Å². The van der Waals surface area contributed by atoms with Crippen LogP contribution in [0.1, 0.15) is 44.6 Å². The first-order valence-electron chi connectivity index (χ1n) is 10.0. The van der Waals surface area contributed by atoms with Crippen LogP contribution in [0.3, 0.4) is 0 Å². The van der Waals surface area contributed by atoms with Gasteiger partial charge in [0.05, 0.1) is 13.2 Å². The van der Waals surface area contributed by atoms with E-state index in [-0.39, 0.29) is 24.0 Å². The summed E-state index contributed by atoms with van der Waals surface area (Å²) in [6.45, 7) is 10.3. The summed E-state index contributed by atoms with van der Waals surface area (Å²) in [6, 6.07) is 10.7. The van der Waals surface area contributed by atoms with Crippen molar-refractivity contribution in [3.8, 4) is 0 Å². The van der Waals surface area contributed by atoms with Gasteiger partial charge in [0.25, 0.3) is 0 Å². The smallest absolute Gasteiger partial charge is 0.191 e. The van der Waals surface area contributed by atoms with Crippen LogP contribution in [-0.2, 0) is 9.47 Å². The molecule has 0 amide bonds. The molecule has 1 aliphatic rings. The monoisotopic (exact) mass is 489 g/mol. The van der Waals surface area contributed by atoms with Crippen molar-refractivity contribution in [2.75, 3.05) is 46.1 Å². The Morgan fingerprint density at radius 2 is 2.11 bits per heavy atom. The van der Waals surface area contributed by atoms with E-state index >= 15 is 0 Å². The van der Waals surface area contributed by atoms with Crippen LogP contribution in [0.15, 0.2) is 35.3 Å². The van der Waals surface area contributed by atoms with Gasteiger partial charge in [-0.1, -0.05) is 37.3 Å². The maximum Gasteiger partial charge on any atom is 0.191 e. The van der Waals surface area contributed by atoms with E-state index in [4.69, 9.17) is 9.47 Å². The number of guanidine groups is 1. The van der Waals surface area contributed by atoms with Gasteiger partial charge < -0.3 is 20.1 Å². The molecule has 2 unspecified atom stereocenters. The molecule has 5 nitrogen and oxygen atoms in total. The molecule has 1 aromatic rings. The third-order valence-corrected chi connectivity index (χ3v) is 4.68. The third-order valence-electron chi connectivity index (χ3n) is 4.68. The van der Waals surface area contributed by atoms with E-state index in [0.29, 0.717) is 11.8 Å². The number of hydrogen-bond acceptors (Lipinski definition) is 3. The molecule has 0 bridgehead atoms. The number of nitrogens with zero attached hydrogens (tertiary/aromatic N) is 1. The number of hydrogen-bond donors (Lipinski definition) is 2. The number of halogens is 1. The first kappa shape index (κ1) is 24.2. The van der Waals surface area contributed by atoms with E-state index in [1.165, 1.54) is 5.56 Å². The minimum absolute atomic E-state index is 0. The Bertz CT molecular complexity index is 507. The molecule has 154 valence electrons. The highest BCUT2D eigenvalue weighted by molar-refractivity contribution is 14.0. The van der Waals surface area contributed by atoms with Crippen LogP contribution in [-0.4, -0.2) is 52.0 Å². The van der Waals surface area contributed by atoms with Gasteiger partial charge in [-0.15, -0.1) is 24.0 Å². The van der Waals surface area contributed by atoms with Crippen molar-refractivity contribution in [1.82, 2.24) is 10.6 Å². The lowest BCUT2D eigenvalue weighted by Crippen LogP contribution is -2.38. The zero-order chi connectivity index (χ0) is 18.5. The molecule has 27 heavy (non-hydrogen) atoms. The molecule has 2 N–H and O–H groups in total. The highest BCUT2D eigenvalue weighted by Gasteiger charge is 2.15. The van der Waals surface area contributed by atoms with Gasteiger partial charge in [-0.3, -0.25) is 4.99 Å². The molecule has 0 saturated carbocycles. The fourth-order valence-corrected chi connectivity index (χ4v) is 3.02. The summed E-state index contributed by atoms with van der Waals surface area (Å²) >= 11 is 0. The molecular weight excluding hydrogens is 453 g/mol. The third kappa shape index (κ3) is 10.3. The molecule has 2 rings (SSSR count). The van der Waals surface area contributed by atoms with E-state index in [1.54, 1.807) is 0 Å². The van der Waals surface area contributed by atoms with E-state index in [9.17, 15) is 0 Å². The standard InChI is InChI=1S/C21H35N3O2.HI/c1-3-22-21(23-12-7-14-25-16-19-11-15-26-17-19)24-13-10-18(2)20-8-5-4-6-9-20;/h4-6,8-9,18-19H,3,7,10-17H2,1-2H3,(H2,22,23,24);1H. The van der Waals surface area contributed by atoms with Gasteiger partial charge in [0.1, 0.15) is 0 Å². The van der Waals surface area contributed by atoms with Gasteiger partial charge >= 0.3 is 0 Å². The fourth-order valence-electron chi connectivity index (χ4n) is 3.02. The van der Waals surface area contributed by atoms with Crippen molar-refractivity contribution >= 4 is 29.9 Å². The highest BCUT2D eigenvalue weighted by atomic mass is 127. The van der Waals surface area contributed by atoms with E-state index < -0.39 is 0 Å². The SMILES string of the molecule is CCNC(=NCCCOCC1CCOC1)NCCC(C)c1ccccc1.I. The summed E-state index contributed by atoms with van der Waals surface area (Å²) in [4.78, 5) is 4.64. The summed E-state index contributed by atoms with van der Waals surface area (Å²) < 4.78 is 11.1. The van der Waals surface area contributed by atoms with Gasteiger partial charge in [-0.2, -0.15) is 0 Å². The first-order chi connectivity index (χ1) is 12.8. The average Bonchev–Trinajstić information content (AvgIpc) is 3.18. The minimum atomic E-state index is 0. The second kappa shape index (κ2) is 15.1. The second-order valence-electron chi connectivity index (χ2n) is 6.95. The Kier molecular flexibility index (Phi) is 13.5. The van der Waals surface area contributed by atoms with E-state index in [2.05, 4.69) is 59.8 Å². The maximum absolute atomic E-state index is 5.73. The van der Waals surface area contributed by atoms with Crippen molar-refractivity contribution in [3.63, 3.8) is 0 Å². The first-order valence-corrected chi connectivity index (χ1v) is 10.0. The molecule has 1 saturated heterocycles. The largest absolute Gasteiger partial charge is 0.381 e. The molecule has 1 fully saturated rings. The number of ether oxygens (including phenoxy) is 2. The molecule has 1 heterocycles. The van der Waals surface area contributed by atoms with Crippen LogP contribution >= 0.6 is 24.0 Å². The lowest BCUT2D eigenvalue weighted by molar-refractivity contribution is 0.0893. The zero-order valence-electron chi connectivity index (χ0n) is 16.8. The van der Waals surface area contributed by atoms with Gasteiger partial charge in [0.15, 0.2) is 5.96 Å². The van der Waals surface area contributed by atoms with Crippen molar-refractivity contribution in [2.24, 2.45) is 10.9 Å². The Morgan fingerprint density at radius 3 is 2.81 bits per heavy atom. The van der Waals surface area contributed by atoms with Crippen LogP contribution in [0.2, 0.25) is 0 Å². The zero-order valence-corrected chi connectivity index (χ0v) is 19.1. The topological polar surface area (TPSA) is 54.9 Å². The predicted molar refractivity (Wildman–Crippen MR) is 123 cm³/mol. The molecular formula is C21H36IN3O2. The molecule has 0 aromatic heterocycles. The normalized spacial score (nSPS) is 18.0. The Labute approximate surface area is 181 Å². The molecule has 0 spiro atoms. The van der Waals surface area contributed by atoms with Gasteiger partial charge in [-0.25, -0.2) is 0 Å². The molecule has 6 heteroatoms. The van der Waals surface area contributed by atoms with E-state index in [1.807, 2.05) is 0 Å². The number of aliphatic imine (C=N–C) groups is 1. The Hall–Kier alpha value is -0.860. The van der Waals surface area contributed by atoms with Crippen LogP contribution in [0.25, 0.3) is 0 Å². The minimum Gasteiger partial charge on any atom is -0.381 e. The highest BCUT2D eigenvalue weighted by Crippen LogP contribution is 2.17. The van der Waals surface area contributed by atoms with Crippen molar-refractivity contribution < 1.29 is 9.47 Å². The van der Waals surface area contributed by atoms with Crippen LogP contribution in [0, 0.1) is 5.92 Å². The molecule has 1 aliphatic heterocycles. The molecule has 2 atom stereocenters. The Morgan fingerprint density at radius 1 is 1.30 bits per heavy atom. The predicted octanol–water partition coefficient (Wildman–Crippen LogP) is 3.80.